The third kappa shape index (κ3) is 3.24. The van der Waals surface area contributed by atoms with Gasteiger partial charge in [0.25, 0.3) is 5.91 Å². The first-order valence-corrected chi connectivity index (χ1v) is 7.75. The monoisotopic (exact) mass is 309 g/mol. The Balaban J connectivity index is 2.43. The Morgan fingerprint density at radius 2 is 2.10 bits per heavy atom. The highest BCUT2D eigenvalue weighted by Crippen LogP contribution is 2.33. The topological polar surface area (TPSA) is 40.5 Å². The molecule has 114 valence electrons. The van der Waals surface area contributed by atoms with Crippen molar-refractivity contribution in [1.29, 1.82) is 0 Å². The third-order valence-electron chi connectivity index (χ3n) is 3.34. The number of amides is 1. The van der Waals surface area contributed by atoms with Crippen molar-refractivity contribution in [2.24, 2.45) is 0 Å². The van der Waals surface area contributed by atoms with Gasteiger partial charge in [-0.2, -0.15) is 0 Å². The molecule has 0 aliphatic heterocycles. The zero-order valence-electron chi connectivity index (χ0n) is 12.7. The number of hydrogen-bond donors (Lipinski definition) is 1. The van der Waals surface area contributed by atoms with E-state index in [0.29, 0.717) is 22.4 Å². The van der Waals surface area contributed by atoms with Crippen LogP contribution in [-0.2, 0) is 0 Å². The molecule has 0 atom stereocenters. The molecule has 1 N–H and O–H groups in total. The first-order chi connectivity index (χ1) is 9.74. The number of fused-ring (bicyclic) bond motifs is 1. The maximum atomic E-state index is 13.9. The van der Waals surface area contributed by atoms with E-state index in [0.717, 1.165) is 4.70 Å². The standard InChI is InChI=1S/C16H20FNO2S/c1-5-18(9-16(3,4)20)15(19)14-10(2)13-11(17)7-6-8-12(13)21-14/h6-8,20H,5,9H2,1-4H3. The molecule has 1 aromatic carbocycles. The van der Waals surface area contributed by atoms with Crippen LogP contribution in [0.1, 0.15) is 36.0 Å². The van der Waals surface area contributed by atoms with Crippen LogP contribution in [0.2, 0.25) is 0 Å². The number of aryl methyl sites for hydroxylation is 1. The smallest absolute Gasteiger partial charge is 0.264 e. The molecule has 0 aliphatic carbocycles. The number of likely N-dealkylation sites (N-methyl/N-ethyl adjacent to an activating group) is 1. The zero-order valence-corrected chi connectivity index (χ0v) is 13.6. The van der Waals surface area contributed by atoms with Crippen LogP contribution in [0.5, 0.6) is 0 Å². The highest BCUT2D eigenvalue weighted by molar-refractivity contribution is 7.21. The van der Waals surface area contributed by atoms with Crippen molar-refractivity contribution >= 4 is 27.3 Å². The van der Waals surface area contributed by atoms with E-state index in [-0.39, 0.29) is 18.3 Å². The van der Waals surface area contributed by atoms with Gasteiger partial charge in [-0.3, -0.25) is 4.79 Å². The summed E-state index contributed by atoms with van der Waals surface area (Å²) in [5.41, 5.74) is -0.283. The molecule has 0 unspecified atom stereocenters. The fourth-order valence-corrected chi connectivity index (χ4v) is 3.59. The Kier molecular flexibility index (Phi) is 4.35. The normalized spacial score (nSPS) is 11.9. The number of halogens is 1. The lowest BCUT2D eigenvalue weighted by Crippen LogP contribution is -2.42. The lowest BCUT2D eigenvalue weighted by molar-refractivity contribution is 0.0317. The minimum atomic E-state index is -0.957. The van der Waals surface area contributed by atoms with Gasteiger partial charge in [0, 0.05) is 23.2 Å². The molecule has 0 saturated heterocycles. The molecule has 1 heterocycles. The maximum Gasteiger partial charge on any atom is 0.264 e. The second-order valence-corrected chi connectivity index (χ2v) is 6.85. The molecule has 2 aromatic rings. The lowest BCUT2D eigenvalue weighted by atomic mass is 10.1. The van der Waals surface area contributed by atoms with Gasteiger partial charge >= 0.3 is 0 Å². The van der Waals surface area contributed by atoms with Gasteiger partial charge in [0.15, 0.2) is 0 Å². The van der Waals surface area contributed by atoms with Crippen molar-refractivity contribution < 1.29 is 14.3 Å². The molecule has 1 amide bonds. The Labute approximate surface area is 128 Å². The first kappa shape index (κ1) is 15.9. The number of carbonyl (C=O) groups is 1. The lowest BCUT2D eigenvalue weighted by Gasteiger charge is -2.28. The molecule has 0 saturated carbocycles. The molecule has 0 fully saturated rings. The average Bonchev–Trinajstić information content (AvgIpc) is 2.73. The molecular formula is C16H20FNO2S. The number of aliphatic hydroxyl groups is 1. The molecular weight excluding hydrogens is 289 g/mol. The number of hydrogen-bond acceptors (Lipinski definition) is 3. The Hall–Kier alpha value is -1.46. The predicted molar refractivity (Wildman–Crippen MR) is 84.4 cm³/mol. The number of rotatable bonds is 4. The van der Waals surface area contributed by atoms with Gasteiger partial charge in [-0.25, -0.2) is 4.39 Å². The van der Waals surface area contributed by atoms with Gasteiger partial charge in [-0.1, -0.05) is 6.07 Å². The summed E-state index contributed by atoms with van der Waals surface area (Å²) in [6.45, 7) is 7.72. The number of carbonyl (C=O) groups excluding carboxylic acids is 1. The van der Waals surface area contributed by atoms with E-state index in [1.165, 1.54) is 17.4 Å². The summed E-state index contributed by atoms with van der Waals surface area (Å²) in [5.74, 6) is -0.455. The highest BCUT2D eigenvalue weighted by atomic mass is 32.1. The molecule has 0 spiro atoms. The van der Waals surface area contributed by atoms with Gasteiger partial charge in [0.05, 0.1) is 10.5 Å². The van der Waals surface area contributed by atoms with Gasteiger partial charge in [-0.15, -0.1) is 11.3 Å². The van der Waals surface area contributed by atoms with Crippen LogP contribution in [-0.4, -0.2) is 34.6 Å². The zero-order chi connectivity index (χ0) is 15.8. The van der Waals surface area contributed by atoms with Crippen LogP contribution in [0.15, 0.2) is 18.2 Å². The summed E-state index contributed by atoms with van der Waals surface area (Å²) in [7, 11) is 0. The van der Waals surface area contributed by atoms with E-state index in [4.69, 9.17) is 0 Å². The van der Waals surface area contributed by atoms with Crippen LogP contribution in [0.25, 0.3) is 10.1 Å². The Bertz CT molecular complexity index is 673. The molecule has 1 aromatic heterocycles. The Morgan fingerprint density at radius 1 is 1.43 bits per heavy atom. The van der Waals surface area contributed by atoms with Crippen molar-refractivity contribution in [3.8, 4) is 0 Å². The largest absolute Gasteiger partial charge is 0.389 e. The van der Waals surface area contributed by atoms with Gasteiger partial charge in [0.1, 0.15) is 5.82 Å². The second-order valence-electron chi connectivity index (χ2n) is 5.80. The predicted octanol–water partition coefficient (Wildman–Crippen LogP) is 3.58. The number of benzene rings is 1. The average molecular weight is 309 g/mol. The van der Waals surface area contributed by atoms with E-state index in [1.54, 1.807) is 31.7 Å². The molecule has 2 rings (SSSR count). The molecule has 21 heavy (non-hydrogen) atoms. The van der Waals surface area contributed by atoms with Crippen molar-refractivity contribution in [3.05, 3.63) is 34.5 Å². The second kappa shape index (κ2) is 5.73. The third-order valence-corrected chi connectivity index (χ3v) is 4.59. The summed E-state index contributed by atoms with van der Waals surface area (Å²) in [6.07, 6.45) is 0. The maximum absolute atomic E-state index is 13.9. The first-order valence-electron chi connectivity index (χ1n) is 6.94. The van der Waals surface area contributed by atoms with Gasteiger partial charge in [-0.05, 0) is 45.4 Å². The fourth-order valence-electron chi connectivity index (χ4n) is 2.40. The summed E-state index contributed by atoms with van der Waals surface area (Å²) in [6, 6.07) is 4.88. The van der Waals surface area contributed by atoms with Crippen LogP contribution in [0, 0.1) is 12.7 Å². The Morgan fingerprint density at radius 3 is 2.62 bits per heavy atom. The molecule has 0 bridgehead atoms. The van der Waals surface area contributed by atoms with Crippen LogP contribution >= 0.6 is 11.3 Å². The van der Waals surface area contributed by atoms with Crippen LogP contribution in [0.4, 0.5) is 4.39 Å². The summed E-state index contributed by atoms with van der Waals surface area (Å²) in [5, 5.41) is 10.4. The summed E-state index contributed by atoms with van der Waals surface area (Å²) < 4.78 is 14.7. The van der Waals surface area contributed by atoms with E-state index in [2.05, 4.69) is 0 Å². The SMILES string of the molecule is CCN(CC(C)(C)O)C(=O)c1sc2cccc(F)c2c1C. The van der Waals surface area contributed by atoms with Crippen LogP contribution in [0.3, 0.4) is 0 Å². The van der Waals surface area contributed by atoms with Gasteiger partial charge in [0.2, 0.25) is 0 Å². The molecule has 0 radical (unpaired) electrons. The van der Waals surface area contributed by atoms with Crippen molar-refractivity contribution in [2.45, 2.75) is 33.3 Å². The number of thiophene rings is 1. The molecule has 3 nitrogen and oxygen atoms in total. The van der Waals surface area contributed by atoms with E-state index < -0.39 is 5.60 Å². The summed E-state index contributed by atoms with van der Waals surface area (Å²) in [4.78, 5) is 14.8. The summed E-state index contributed by atoms with van der Waals surface area (Å²) >= 11 is 1.30. The minimum absolute atomic E-state index is 0.155. The number of nitrogens with zero attached hydrogens (tertiary/aromatic N) is 1. The minimum Gasteiger partial charge on any atom is -0.389 e. The van der Waals surface area contributed by atoms with Crippen molar-refractivity contribution in [1.82, 2.24) is 4.90 Å². The fraction of sp³-hybridized carbons (Fsp3) is 0.438. The quantitative estimate of drug-likeness (QED) is 0.938. The molecule has 0 aliphatic rings. The van der Waals surface area contributed by atoms with E-state index in [9.17, 15) is 14.3 Å². The van der Waals surface area contributed by atoms with Crippen molar-refractivity contribution in [2.75, 3.05) is 13.1 Å². The van der Waals surface area contributed by atoms with E-state index >= 15 is 0 Å². The van der Waals surface area contributed by atoms with Crippen molar-refractivity contribution in [3.63, 3.8) is 0 Å². The van der Waals surface area contributed by atoms with Crippen LogP contribution < -0.4 is 0 Å². The van der Waals surface area contributed by atoms with E-state index in [1.807, 2.05) is 13.0 Å². The highest BCUT2D eigenvalue weighted by Gasteiger charge is 2.25. The van der Waals surface area contributed by atoms with Gasteiger partial charge < -0.3 is 10.0 Å². The molecule has 5 heteroatoms.